The molecule has 27 heavy (non-hydrogen) atoms. The fraction of sp³-hybridized carbons (Fsp3) is 0.615. The fourth-order valence-electron chi connectivity index (χ4n) is 2.84. The lowest BCUT2D eigenvalue weighted by atomic mass is 10.1. The van der Waals surface area contributed by atoms with Crippen molar-refractivity contribution in [2.45, 2.75) is 37.8 Å². The van der Waals surface area contributed by atoms with Gasteiger partial charge in [-0.05, 0) is 18.7 Å². The van der Waals surface area contributed by atoms with Gasteiger partial charge in [-0.3, -0.25) is 9.09 Å². The van der Waals surface area contributed by atoms with Gasteiger partial charge < -0.3 is 34.8 Å². The Balaban J connectivity index is 2.03. The summed E-state index contributed by atoms with van der Waals surface area (Å²) in [5.74, 6) is 0.187. The lowest BCUT2D eigenvalue weighted by Crippen LogP contribution is -2.39. The molecule has 0 spiro atoms. The van der Waals surface area contributed by atoms with Crippen molar-refractivity contribution in [2.75, 3.05) is 19.5 Å². The highest BCUT2D eigenvalue weighted by Crippen LogP contribution is 2.45. The predicted octanol–water partition coefficient (Wildman–Crippen LogP) is -0.730. The van der Waals surface area contributed by atoms with E-state index >= 15 is 0 Å². The third-order valence-corrected chi connectivity index (χ3v) is 4.84. The average molecular weight is 421 g/mol. The molecule has 2 aromatic rings. The second-order valence-corrected chi connectivity index (χ2v) is 8.41. The summed E-state index contributed by atoms with van der Waals surface area (Å²) in [6, 6.07) is 0. The molecule has 1 unspecified atom stereocenters. The molecule has 150 valence electrons. The van der Waals surface area contributed by atoms with Gasteiger partial charge in [0.1, 0.15) is 30.2 Å². The number of anilines is 1. The molecule has 0 amide bonds. The first-order valence-corrected chi connectivity index (χ1v) is 10.5. The number of nitrogens with two attached hydrogens (primary N) is 1. The van der Waals surface area contributed by atoms with Gasteiger partial charge in [0.15, 0.2) is 24.0 Å². The van der Waals surface area contributed by atoms with Crippen LogP contribution in [0, 0.1) is 0 Å². The molecule has 5 N–H and O–H groups in total. The molecule has 3 heterocycles. The normalized spacial score (nSPS) is 27.3. The number of rotatable bonds is 7. The number of imidazole rings is 1. The van der Waals surface area contributed by atoms with Crippen molar-refractivity contribution in [1.29, 1.82) is 0 Å². The maximum absolute atomic E-state index is 9.67. The van der Waals surface area contributed by atoms with Crippen LogP contribution in [0.5, 0.6) is 0 Å². The Labute approximate surface area is 159 Å². The molecule has 2 aromatic heterocycles. The molecule has 12 nitrogen and oxygen atoms in total. The third-order valence-electron chi connectivity index (χ3n) is 4.07. The van der Waals surface area contributed by atoms with Gasteiger partial charge >= 0.3 is 6.72 Å². The molecule has 1 aliphatic heterocycles. The molecule has 0 bridgehead atoms. The average Bonchev–Trinajstić information content (AvgIpc) is 3.16. The number of ether oxygens (including phenoxy) is 3. The topological polar surface area (TPSA) is 167 Å². The Kier molecular flexibility index (Phi) is 6.05. The summed E-state index contributed by atoms with van der Waals surface area (Å²) in [4.78, 5) is 31.4. The summed E-state index contributed by atoms with van der Waals surface area (Å²) in [5.41, 5.74) is 6.54. The lowest BCUT2D eigenvalue weighted by molar-refractivity contribution is -0.179. The molecule has 1 fully saturated rings. The van der Waals surface area contributed by atoms with Crippen LogP contribution in [-0.4, -0.2) is 72.7 Å². The van der Waals surface area contributed by atoms with E-state index in [9.17, 15) is 14.9 Å². The summed E-state index contributed by atoms with van der Waals surface area (Å²) >= 11 is 4.57. The fourth-order valence-corrected chi connectivity index (χ4v) is 3.71. The van der Waals surface area contributed by atoms with Crippen LogP contribution >= 0.6 is 6.72 Å². The second-order valence-electron chi connectivity index (χ2n) is 5.80. The summed E-state index contributed by atoms with van der Waals surface area (Å²) in [5, 5.41) is 9.67. The first kappa shape index (κ1) is 20.5. The number of hydrogen-bond donors (Lipinski definition) is 4. The molecular formula is C13H20N5O7PS. The number of aliphatic hydroxyl groups excluding tert-OH is 1. The van der Waals surface area contributed by atoms with E-state index in [0.29, 0.717) is 11.2 Å². The van der Waals surface area contributed by atoms with E-state index in [4.69, 9.17) is 24.5 Å². The molecule has 0 aliphatic carbocycles. The van der Waals surface area contributed by atoms with Crippen molar-refractivity contribution < 1.29 is 33.6 Å². The van der Waals surface area contributed by atoms with Crippen LogP contribution in [0.4, 0.5) is 5.82 Å². The maximum atomic E-state index is 9.67. The highest BCUT2D eigenvalue weighted by Gasteiger charge is 2.50. The van der Waals surface area contributed by atoms with E-state index in [1.165, 1.54) is 24.3 Å². The van der Waals surface area contributed by atoms with E-state index in [-0.39, 0.29) is 5.82 Å². The van der Waals surface area contributed by atoms with Crippen molar-refractivity contribution in [3.8, 4) is 0 Å². The van der Waals surface area contributed by atoms with Crippen LogP contribution in [0.1, 0.15) is 13.2 Å². The first-order chi connectivity index (χ1) is 12.7. The Morgan fingerprint density at radius 2 is 2.11 bits per heavy atom. The van der Waals surface area contributed by atoms with Crippen molar-refractivity contribution in [3.05, 3.63) is 12.7 Å². The number of methoxy groups -OCH3 is 1. The SMILES string of the molecule is COC(C)O[C@@H]1[C@H](OP(O)(O)=S)[C@@H](CO)O[C@H]1n1cnc2c(N)ncnc21. The Morgan fingerprint density at radius 3 is 2.74 bits per heavy atom. The Morgan fingerprint density at radius 1 is 1.37 bits per heavy atom. The molecule has 0 radical (unpaired) electrons. The third kappa shape index (κ3) is 4.26. The number of hydrogen-bond acceptors (Lipinski definition) is 10. The first-order valence-electron chi connectivity index (χ1n) is 7.86. The van der Waals surface area contributed by atoms with Crippen molar-refractivity contribution >= 4 is 35.5 Å². The minimum atomic E-state index is -4.06. The smallest absolute Gasteiger partial charge is 0.322 e. The standard InChI is InChI=1S/C13H20N5O7PS/c1-6(22-2)23-10-9(25-26(20,21)27)7(3-19)24-13(10)18-5-17-8-11(14)15-4-16-12(8)18/h4-7,9-10,13,19H,3H2,1-2H3,(H2,14,15,16)(H2,20,21,27)/t6?,7-,9-,10-,13-/m1/s1. The lowest BCUT2D eigenvalue weighted by Gasteiger charge is -2.27. The zero-order chi connectivity index (χ0) is 19.8. The van der Waals surface area contributed by atoms with Gasteiger partial charge in [0.2, 0.25) is 0 Å². The van der Waals surface area contributed by atoms with Crippen molar-refractivity contribution in [2.24, 2.45) is 0 Å². The highest BCUT2D eigenvalue weighted by molar-refractivity contribution is 8.06. The summed E-state index contributed by atoms with van der Waals surface area (Å²) in [6.07, 6.45) is -1.81. The zero-order valence-corrected chi connectivity index (χ0v) is 16.2. The van der Waals surface area contributed by atoms with E-state index in [0.717, 1.165) is 0 Å². The number of fused-ring (bicyclic) bond motifs is 1. The Bertz CT molecular complexity index is 848. The van der Waals surface area contributed by atoms with Crippen LogP contribution < -0.4 is 5.73 Å². The summed E-state index contributed by atoms with van der Waals surface area (Å²) < 4.78 is 23.5. The number of nitrogen functional groups attached to an aromatic ring is 1. The molecular weight excluding hydrogens is 401 g/mol. The van der Waals surface area contributed by atoms with Gasteiger partial charge in [-0.2, -0.15) is 0 Å². The van der Waals surface area contributed by atoms with Gasteiger partial charge in [0, 0.05) is 7.11 Å². The van der Waals surface area contributed by atoms with Gasteiger partial charge in [-0.1, -0.05) is 0 Å². The number of aliphatic hydroxyl groups is 1. The number of nitrogens with zero attached hydrogens (tertiary/aromatic N) is 4. The van der Waals surface area contributed by atoms with Gasteiger partial charge in [0.25, 0.3) is 0 Å². The van der Waals surface area contributed by atoms with Crippen molar-refractivity contribution in [1.82, 2.24) is 19.5 Å². The van der Waals surface area contributed by atoms with E-state index in [2.05, 4.69) is 26.8 Å². The van der Waals surface area contributed by atoms with Crippen molar-refractivity contribution in [3.63, 3.8) is 0 Å². The number of aromatic nitrogens is 4. The van der Waals surface area contributed by atoms with E-state index in [1.807, 2.05) is 0 Å². The quantitative estimate of drug-likeness (QED) is 0.327. The minimum absolute atomic E-state index is 0.187. The molecule has 3 rings (SSSR count). The molecule has 5 atom stereocenters. The van der Waals surface area contributed by atoms with Crippen LogP contribution in [0.3, 0.4) is 0 Å². The molecule has 0 saturated carbocycles. The van der Waals surface area contributed by atoms with Gasteiger partial charge in [-0.15, -0.1) is 0 Å². The van der Waals surface area contributed by atoms with Gasteiger partial charge in [-0.25, -0.2) is 15.0 Å². The molecule has 1 saturated heterocycles. The largest absolute Gasteiger partial charge is 0.394 e. The minimum Gasteiger partial charge on any atom is -0.394 e. The maximum Gasteiger partial charge on any atom is 0.322 e. The second kappa shape index (κ2) is 7.99. The Hall–Kier alpha value is -1.28. The predicted molar refractivity (Wildman–Crippen MR) is 95.7 cm³/mol. The van der Waals surface area contributed by atoms with Gasteiger partial charge in [0.05, 0.1) is 12.9 Å². The van der Waals surface area contributed by atoms with Crippen LogP contribution in [0.15, 0.2) is 12.7 Å². The van der Waals surface area contributed by atoms with Crippen LogP contribution in [-0.2, 0) is 30.5 Å². The molecule has 0 aromatic carbocycles. The molecule has 1 aliphatic rings. The monoisotopic (exact) mass is 421 g/mol. The van der Waals surface area contributed by atoms with E-state index < -0.39 is 44.2 Å². The summed E-state index contributed by atoms with van der Waals surface area (Å²) in [7, 11) is 1.44. The molecule has 14 heteroatoms. The van der Waals surface area contributed by atoms with E-state index in [1.54, 1.807) is 6.92 Å². The van der Waals surface area contributed by atoms with Crippen LogP contribution in [0.2, 0.25) is 0 Å². The zero-order valence-electron chi connectivity index (χ0n) is 14.4. The highest BCUT2D eigenvalue weighted by atomic mass is 32.5. The summed E-state index contributed by atoms with van der Waals surface area (Å²) in [6.45, 7) is -2.89. The van der Waals surface area contributed by atoms with Crippen LogP contribution in [0.25, 0.3) is 11.2 Å².